The first-order valence-electron chi connectivity index (χ1n) is 7.93. The summed E-state index contributed by atoms with van der Waals surface area (Å²) in [6, 6.07) is 0. The molecule has 0 saturated carbocycles. The molecule has 1 aromatic heterocycles. The number of rotatable bonds is 12. The highest BCUT2D eigenvalue weighted by Crippen LogP contribution is 2.08. The lowest BCUT2D eigenvalue weighted by atomic mass is 10.5. The van der Waals surface area contributed by atoms with Crippen molar-refractivity contribution in [1.29, 1.82) is 0 Å². The molecule has 1 heterocycles. The van der Waals surface area contributed by atoms with Gasteiger partial charge in [0.2, 0.25) is 17.8 Å². The molecule has 0 atom stereocenters. The highest BCUT2D eigenvalue weighted by molar-refractivity contribution is 5.42. The second kappa shape index (κ2) is 10.9. The lowest BCUT2D eigenvalue weighted by molar-refractivity contribution is 0.424. The first-order chi connectivity index (χ1) is 11.0. The molecule has 9 heteroatoms. The van der Waals surface area contributed by atoms with Gasteiger partial charge in [-0.3, -0.25) is 0 Å². The largest absolute Gasteiger partial charge is 0.353 e. The van der Waals surface area contributed by atoms with E-state index in [2.05, 4.69) is 46.0 Å². The molecule has 132 valence electrons. The summed E-state index contributed by atoms with van der Waals surface area (Å²) >= 11 is 0. The minimum atomic E-state index is 0.579. The number of anilines is 3. The van der Waals surface area contributed by atoms with E-state index < -0.39 is 0 Å². The van der Waals surface area contributed by atoms with Crippen LogP contribution in [0.5, 0.6) is 0 Å². The summed E-state index contributed by atoms with van der Waals surface area (Å²) < 4.78 is 0. The highest BCUT2D eigenvalue weighted by atomic mass is 15.3. The van der Waals surface area contributed by atoms with Crippen LogP contribution < -0.4 is 21.3 Å². The van der Waals surface area contributed by atoms with Crippen molar-refractivity contribution >= 4 is 17.8 Å². The SMILES string of the molecule is CNCCNc1nc(NCCN(C)C)nc(NCCN(C)C)n1. The van der Waals surface area contributed by atoms with E-state index in [9.17, 15) is 0 Å². The van der Waals surface area contributed by atoms with Crippen LogP contribution in [0.2, 0.25) is 0 Å². The number of hydrogen-bond donors (Lipinski definition) is 4. The van der Waals surface area contributed by atoms with Gasteiger partial charge in [0.15, 0.2) is 0 Å². The molecule has 0 aliphatic heterocycles. The van der Waals surface area contributed by atoms with E-state index in [1.165, 1.54) is 0 Å². The Labute approximate surface area is 139 Å². The van der Waals surface area contributed by atoms with Crippen LogP contribution in [0, 0.1) is 0 Å². The Bertz CT molecular complexity index is 404. The lowest BCUT2D eigenvalue weighted by Crippen LogP contribution is -2.24. The van der Waals surface area contributed by atoms with Crippen molar-refractivity contribution in [3.63, 3.8) is 0 Å². The highest BCUT2D eigenvalue weighted by Gasteiger charge is 2.06. The molecule has 0 saturated heterocycles. The first-order valence-corrected chi connectivity index (χ1v) is 7.93. The fraction of sp³-hybridized carbons (Fsp3) is 0.786. The molecule has 0 amide bonds. The summed E-state index contributed by atoms with van der Waals surface area (Å²) in [5.41, 5.74) is 0. The molecule has 23 heavy (non-hydrogen) atoms. The van der Waals surface area contributed by atoms with Gasteiger partial charge in [0.25, 0.3) is 0 Å². The Morgan fingerprint density at radius 2 is 1.04 bits per heavy atom. The Balaban J connectivity index is 2.67. The molecule has 0 fully saturated rings. The third kappa shape index (κ3) is 9.11. The Kier molecular flexibility index (Phi) is 9.18. The number of likely N-dealkylation sites (N-methyl/N-ethyl adjacent to an activating group) is 3. The molecule has 0 aromatic carbocycles. The molecule has 1 aromatic rings. The van der Waals surface area contributed by atoms with E-state index in [0.29, 0.717) is 17.8 Å². The third-order valence-corrected chi connectivity index (χ3v) is 2.98. The maximum atomic E-state index is 4.42. The van der Waals surface area contributed by atoms with Crippen LogP contribution in [-0.2, 0) is 0 Å². The number of nitrogens with one attached hydrogen (secondary N) is 4. The van der Waals surface area contributed by atoms with Crippen LogP contribution in [0.1, 0.15) is 0 Å². The first kappa shape index (κ1) is 19.3. The maximum absolute atomic E-state index is 4.42. The zero-order valence-electron chi connectivity index (χ0n) is 15.0. The van der Waals surface area contributed by atoms with Gasteiger partial charge in [-0.1, -0.05) is 0 Å². The molecule has 1 rings (SSSR count). The second-order valence-corrected chi connectivity index (χ2v) is 5.80. The smallest absolute Gasteiger partial charge is 0.229 e. The van der Waals surface area contributed by atoms with Gasteiger partial charge < -0.3 is 31.1 Å². The fourth-order valence-electron chi connectivity index (χ4n) is 1.70. The topological polar surface area (TPSA) is 93.3 Å². The summed E-state index contributed by atoms with van der Waals surface area (Å²) in [5.74, 6) is 1.75. The van der Waals surface area contributed by atoms with Gasteiger partial charge in [0.1, 0.15) is 0 Å². The van der Waals surface area contributed by atoms with Gasteiger partial charge in [-0.05, 0) is 35.2 Å². The zero-order chi connectivity index (χ0) is 17.1. The lowest BCUT2D eigenvalue weighted by Gasteiger charge is -2.14. The van der Waals surface area contributed by atoms with E-state index in [0.717, 1.165) is 39.3 Å². The molecule has 9 nitrogen and oxygen atoms in total. The third-order valence-electron chi connectivity index (χ3n) is 2.98. The quantitative estimate of drug-likeness (QED) is 0.378. The average Bonchev–Trinajstić information content (AvgIpc) is 2.46. The van der Waals surface area contributed by atoms with Gasteiger partial charge >= 0.3 is 0 Å². The van der Waals surface area contributed by atoms with Crippen LogP contribution in [0.15, 0.2) is 0 Å². The van der Waals surface area contributed by atoms with Gasteiger partial charge in [0.05, 0.1) is 0 Å². The van der Waals surface area contributed by atoms with Gasteiger partial charge in [-0.15, -0.1) is 0 Å². The van der Waals surface area contributed by atoms with E-state index in [1.54, 1.807) is 0 Å². The summed E-state index contributed by atoms with van der Waals surface area (Å²) in [6.07, 6.45) is 0. The molecule has 0 bridgehead atoms. The second-order valence-electron chi connectivity index (χ2n) is 5.80. The zero-order valence-corrected chi connectivity index (χ0v) is 15.0. The monoisotopic (exact) mass is 325 g/mol. The van der Waals surface area contributed by atoms with Crippen molar-refractivity contribution in [1.82, 2.24) is 30.1 Å². The van der Waals surface area contributed by atoms with E-state index in [1.807, 2.05) is 35.2 Å². The Morgan fingerprint density at radius 3 is 1.39 bits per heavy atom. The van der Waals surface area contributed by atoms with Crippen molar-refractivity contribution in [2.75, 3.05) is 90.5 Å². The van der Waals surface area contributed by atoms with Crippen molar-refractivity contribution in [3.8, 4) is 0 Å². The van der Waals surface area contributed by atoms with Gasteiger partial charge in [-0.2, -0.15) is 15.0 Å². The fourth-order valence-corrected chi connectivity index (χ4v) is 1.70. The van der Waals surface area contributed by atoms with Crippen LogP contribution in [0.3, 0.4) is 0 Å². The number of nitrogens with zero attached hydrogens (tertiary/aromatic N) is 5. The van der Waals surface area contributed by atoms with Gasteiger partial charge in [-0.25, -0.2) is 0 Å². The summed E-state index contributed by atoms with van der Waals surface area (Å²) in [6.45, 7) is 5.00. The Hall–Kier alpha value is -1.71. The summed E-state index contributed by atoms with van der Waals surface area (Å²) in [4.78, 5) is 17.4. The van der Waals surface area contributed by atoms with Crippen LogP contribution in [0.25, 0.3) is 0 Å². The number of hydrogen-bond acceptors (Lipinski definition) is 9. The van der Waals surface area contributed by atoms with E-state index in [-0.39, 0.29) is 0 Å². The summed E-state index contributed by atoms with van der Waals surface area (Å²) in [5, 5.41) is 12.8. The van der Waals surface area contributed by atoms with Crippen LogP contribution in [-0.4, -0.2) is 99.3 Å². The van der Waals surface area contributed by atoms with Crippen molar-refractivity contribution < 1.29 is 0 Å². The van der Waals surface area contributed by atoms with Crippen molar-refractivity contribution in [3.05, 3.63) is 0 Å². The molecule has 0 aliphatic carbocycles. The normalized spacial score (nSPS) is 11.1. The average molecular weight is 325 g/mol. The molecule has 0 radical (unpaired) electrons. The van der Waals surface area contributed by atoms with E-state index >= 15 is 0 Å². The van der Waals surface area contributed by atoms with Gasteiger partial charge in [0, 0.05) is 39.3 Å². The molecular weight excluding hydrogens is 294 g/mol. The van der Waals surface area contributed by atoms with Crippen molar-refractivity contribution in [2.24, 2.45) is 0 Å². The van der Waals surface area contributed by atoms with Crippen LogP contribution >= 0.6 is 0 Å². The molecule has 0 unspecified atom stereocenters. The maximum Gasteiger partial charge on any atom is 0.229 e. The van der Waals surface area contributed by atoms with Crippen molar-refractivity contribution in [2.45, 2.75) is 0 Å². The minimum absolute atomic E-state index is 0.579. The minimum Gasteiger partial charge on any atom is -0.353 e. The van der Waals surface area contributed by atoms with Crippen LogP contribution in [0.4, 0.5) is 17.8 Å². The molecular formula is C14H31N9. The Morgan fingerprint density at radius 1 is 0.652 bits per heavy atom. The predicted molar refractivity (Wildman–Crippen MR) is 96.3 cm³/mol. The number of aromatic nitrogens is 3. The summed E-state index contributed by atoms with van der Waals surface area (Å²) in [7, 11) is 10.1. The standard InChI is InChI=1S/C14H31N9/c1-15-6-7-16-12-19-13(17-8-10-22(2)3)21-14(20-12)18-9-11-23(4)5/h15H,6-11H2,1-5H3,(H3,16,17,18,19,20,21). The molecule has 0 spiro atoms. The molecule has 0 aliphatic rings. The molecule has 4 N–H and O–H groups in total. The van der Waals surface area contributed by atoms with E-state index in [4.69, 9.17) is 0 Å². The predicted octanol–water partition coefficient (Wildman–Crippen LogP) is -0.550.